The molecule has 1 nitrogen and oxygen atoms in total. The largest absolute Gasteiger partial charge is 0.416 e. The summed E-state index contributed by atoms with van der Waals surface area (Å²) in [6, 6.07) is 5.62. The molecule has 2 rings (SSSR count). The molecule has 106 valence electrons. The fourth-order valence-electron chi connectivity index (χ4n) is 2.23. The van der Waals surface area contributed by atoms with E-state index in [1.165, 1.54) is 30.3 Å². The van der Waals surface area contributed by atoms with Gasteiger partial charge in [0.2, 0.25) is 0 Å². The third kappa shape index (κ3) is 4.73. The van der Waals surface area contributed by atoms with Gasteiger partial charge in [-0.1, -0.05) is 6.07 Å². The Kier molecular flexibility index (Phi) is 5.16. The molecule has 0 amide bonds. The van der Waals surface area contributed by atoms with Crippen LogP contribution in [0.4, 0.5) is 13.2 Å². The second kappa shape index (κ2) is 6.66. The predicted octanol–water partition coefficient (Wildman–Crippen LogP) is 4.19. The highest BCUT2D eigenvalue weighted by Gasteiger charge is 2.30. The number of hydrogen-bond donors (Lipinski definition) is 1. The molecule has 1 unspecified atom stereocenters. The van der Waals surface area contributed by atoms with E-state index in [0.29, 0.717) is 10.8 Å². The van der Waals surface area contributed by atoms with Gasteiger partial charge in [-0.2, -0.15) is 13.2 Å². The Balaban J connectivity index is 1.92. The normalized spacial score (nSPS) is 21.1. The van der Waals surface area contributed by atoms with Gasteiger partial charge in [0.15, 0.2) is 0 Å². The van der Waals surface area contributed by atoms with Gasteiger partial charge in [-0.05, 0) is 56.5 Å². The van der Waals surface area contributed by atoms with Gasteiger partial charge in [0.25, 0.3) is 0 Å². The summed E-state index contributed by atoms with van der Waals surface area (Å²) < 4.78 is 37.8. The Bertz CT molecular complexity index is 398. The fraction of sp³-hybridized carbons (Fsp3) is 0.571. The number of halogens is 3. The molecular weight excluding hydrogens is 271 g/mol. The number of rotatable bonds is 3. The van der Waals surface area contributed by atoms with Crippen LogP contribution in [-0.2, 0) is 6.18 Å². The summed E-state index contributed by atoms with van der Waals surface area (Å²) in [5.74, 6) is 1.51. The molecule has 1 atom stereocenters. The molecule has 0 aromatic heterocycles. The second-order valence-corrected chi connectivity index (χ2v) is 5.98. The van der Waals surface area contributed by atoms with E-state index < -0.39 is 11.7 Å². The molecule has 1 aromatic carbocycles. The van der Waals surface area contributed by atoms with Crippen molar-refractivity contribution in [3.8, 4) is 0 Å². The average Bonchev–Trinajstić information content (AvgIpc) is 2.64. The SMILES string of the molecule is FC(F)(F)c1cccc(SCC2CCCNCC2)c1. The monoisotopic (exact) mass is 289 g/mol. The summed E-state index contributed by atoms with van der Waals surface area (Å²) in [5.41, 5.74) is -0.556. The standard InChI is InChI=1S/C14H18F3NS/c15-14(16,17)12-4-1-5-13(9-12)19-10-11-3-2-7-18-8-6-11/h1,4-5,9,11,18H,2-3,6-8,10H2. The van der Waals surface area contributed by atoms with E-state index in [1.807, 2.05) is 0 Å². The van der Waals surface area contributed by atoms with Gasteiger partial charge in [-0.15, -0.1) is 11.8 Å². The molecule has 1 saturated heterocycles. The molecule has 1 aliphatic heterocycles. The van der Waals surface area contributed by atoms with Crippen molar-refractivity contribution < 1.29 is 13.2 Å². The van der Waals surface area contributed by atoms with E-state index in [1.54, 1.807) is 6.07 Å². The van der Waals surface area contributed by atoms with Crippen LogP contribution >= 0.6 is 11.8 Å². The maximum Gasteiger partial charge on any atom is 0.416 e. The first kappa shape index (κ1) is 14.7. The minimum atomic E-state index is -4.25. The highest BCUT2D eigenvalue weighted by Crippen LogP contribution is 2.33. The highest BCUT2D eigenvalue weighted by molar-refractivity contribution is 7.99. The van der Waals surface area contributed by atoms with Crippen molar-refractivity contribution in [2.75, 3.05) is 18.8 Å². The fourth-order valence-corrected chi connectivity index (χ4v) is 3.38. The number of thioether (sulfide) groups is 1. The first-order valence-corrected chi connectivity index (χ1v) is 7.55. The van der Waals surface area contributed by atoms with Crippen LogP contribution < -0.4 is 5.32 Å². The van der Waals surface area contributed by atoms with Gasteiger partial charge in [0, 0.05) is 10.6 Å². The van der Waals surface area contributed by atoms with Gasteiger partial charge in [-0.3, -0.25) is 0 Å². The Morgan fingerprint density at radius 1 is 1.21 bits per heavy atom. The molecule has 0 spiro atoms. The van der Waals surface area contributed by atoms with Crippen molar-refractivity contribution in [1.29, 1.82) is 0 Å². The molecule has 19 heavy (non-hydrogen) atoms. The van der Waals surface area contributed by atoms with Crippen LogP contribution in [0.15, 0.2) is 29.2 Å². The topological polar surface area (TPSA) is 12.0 Å². The van der Waals surface area contributed by atoms with Crippen LogP contribution in [0.1, 0.15) is 24.8 Å². The molecule has 1 heterocycles. The summed E-state index contributed by atoms with van der Waals surface area (Å²) in [5, 5.41) is 3.35. The van der Waals surface area contributed by atoms with Crippen molar-refractivity contribution in [2.24, 2.45) is 5.92 Å². The minimum absolute atomic E-state index is 0.556. The van der Waals surface area contributed by atoms with Crippen molar-refractivity contribution in [2.45, 2.75) is 30.3 Å². The maximum absolute atomic E-state index is 12.6. The molecule has 1 N–H and O–H groups in total. The lowest BCUT2D eigenvalue weighted by molar-refractivity contribution is -0.137. The quantitative estimate of drug-likeness (QED) is 0.837. The number of nitrogens with one attached hydrogen (secondary N) is 1. The van der Waals surface area contributed by atoms with Crippen molar-refractivity contribution >= 4 is 11.8 Å². The number of hydrogen-bond acceptors (Lipinski definition) is 2. The molecule has 0 saturated carbocycles. The Hall–Kier alpha value is -0.680. The lowest BCUT2D eigenvalue weighted by Gasteiger charge is -2.13. The van der Waals surface area contributed by atoms with E-state index in [4.69, 9.17) is 0 Å². The predicted molar refractivity (Wildman–Crippen MR) is 72.4 cm³/mol. The Morgan fingerprint density at radius 3 is 2.84 bits per heavy atom. The first-order chi connectivity index (χ1) is 9.05. The molecule has 0 aliphatic carbocycles. The second-order valence-electron chi connectivity index (χ2n) is 4.88. The zero-order valence-corrected chi connectivity index (χ0v) is 11.5. The smallest absolute Gasteiger partial charge is 0.317 e. The molecule has 0 bridgehead atoms. The molecule has 5 heteroatoms. The summed E-state index contributed by atoms with van der Waals surface area (Å²) in [6.45, 7) is 2.08. The summed E-state index contributed by atoms with van der Waals surface area (Å²) in [6.07, 6.45) is -0.804. The zero-order valence-electron chi connectivity index (χ0n) is 10.7. The molecule has 1 aromatic rings. The van der Waals surface area contributed by atoms with Gasteiger partial charge in [0.1, 0.15) is 0 Å². The third-order valence-corrected chi connectivity index (χ3v) is 4.57. The van der Waals surface area contributed by atoms with E-state index in [9.17, 15) is 13.2 Å². The molecular formula is C14H18F3NS. The van der Waals surface area contributed by atoms with Crippen LogP contribution in [-0.4, -0.2) is 18.8 Å². The van der Waals surface area contributed by atoms with E-state index in [2.05, 4.69) is 5.32 Å². The van der Waals surface area contributed by atoms with Gasteiger partial charge < -0.3 is 5.32 Å². The molecule has 1 fully saturated rings. The summed E-state index contributed by atoms with van der Waals surface area (Å²) >= 11 is 1.54. The molecule has 0 radical (unpaired) electrons. The van der Waals surface area contributed by atoms with E-state index in [0.717, 1.165) is 37.8 Å². The van der Waals surface area contributed by atoms with Crippen LogP contribution in [0.2, 0.25) is 0 Å². The maximum atomic E-state index is 12.6. The van der Waals surface area contributed by atoms with Crippen LogP contribution in [0, 0.1) is 5.92 Å². The van der Waals surface area contributed by atoms with Gasteiger partial charge >= 0.3 is 6.18 Å². The van der Waals surface area contributed by atoms with Crippen LogP contribution in [0.5, 0.6) is 0 Å². The number of benzene rings is 1. The average molecular weight is 289 g/mol. The van der Waals surface area contributed by atoms with Gasteiger partial charge in [0.05, 0.1) is 5.56 Å². The third-order valence-electron chi connectivity index (χ3n) is 3.34. The van der Waals surface area contributed by atoms with E-state index >= 15 is 0 Å². The minimum Gasteiger partial charge on any atom is -0.317 e. The van der Waals surface area contributed by atoms with Crippen LogP contribution in [0.25, 0.3) is 0 Å². The Morgan fingerprint density at radius 2 is 2.05 bits per heavy atom. The first-order valence-electron chi connectivity index (χ1n) is 6.56. The lowest BCUT2D eigenvalue weighted by atomic mass is 10.0. The van der Waals surface area contributed by atoms with E-state index in [-0.39, 0.29) is 0 Å². The summed E-state index contributed by atoms with van der Waals surface area (Å²) in [4.78, 5) is 0.715. The Labute approximate surface area is 116 Å². The highest BCUT2D eigenvalue weighted by atomic mass is 32.2. The van der Waals surface area contributed by atoms with Crippen LogP contribution in [0.3, 0.4) is 0 Å². The lowest BCUT2D eigenvalue weighted by Crippen LogP contribution is -2.14. The van der Waals surface area contributed by atoms with Crippen molar-refractivity contribution in [3.63, 3.8) is 0 Å². The summed E-state index contributed by atoms with van der Waals surface area (Å²) in [7, 11) is 0. The molecule has 1 aliphatic rings. The van der Waals surface area contributed by atoms with Crippen molar-refractivity contribution in [1.82, 2.24) is 5.32 Å². The van der Waals surface area contributed by atoms with Crippen molar-refractivity contribution in [3.05, 3.63) is 29.8 Å². The van der Waals surface area contributed by atoms with Gasteiger partial charge in [-0.25, -0.2) is 0 Å². The number of alkyl halides is 3. The zero-order chi connectivity index (χ0) is 13.7.